The normalized spacial score (nSPS) is 13.2. The average molecular weight is 416 g/mol. The van der Waals surface area contributed by atoms with Gasteiger partial charge in [0.05, 0.1) is 5.69 Å². The molecule has 0 spiro atoms. The summed E-state index contributed by atoms with van der Waals surface area (Å²) < 4.78 is 2.25. The number of aromatic nitrogens is 1. The van der Waals surface area contributed by atoms with Crippen LogP contribution in [0.1, 0.15) is 22.5 Å². The van der Waals surface area contributed by atoms with Crippen molar-refractivity contribution in [3.63, 3.8) is 0 Å². The van der Waals surface area contributed by atoms with Crippen molar-refractivity contribution in [1.29, 1.82) is 0 Å². The highest BCUT2D eigenvalue weighted by Crippen LogP contribution is 2.34. The molecule has 0 aliphatic carbocycles. The van der Waals surface area contributed by atoms with Gasteiger partial charge < -0.3 is 14.4 Å². The standard InChI is InChI=1S/C26H26ClN3/c1-18-6-7-22-17-25(28(4)5)12-13-26(22)29(18)15-14-21-16-19(2)30(20(21)3)24-10-8-23(27)9-11-24/h6-17H,1H2,2-5H3/b15-14+. The summed E-state index contributed by atoms with van der Waals surface area (Å²) in [5.74, 6) is 0. The summed E-state index contributed by atoms with van der Waals surface area (Å²) >= 11 is 6.06. The van der Waals surface area contributed by atoms with Crippen LogP contribution in [0.5, 0.6) is 0 Å². The summed E-state index contributed by atoms with van der Waals surface area (Å²) in [6, 6.07) is 16.6. The van der Waals surface area contributed by atoms with Gasteiger partial charge in [-0.3, -0.25) is 0 Å². The Balaban J connectivity index is 1.68. The zero-order valence-electron chi connectivity index (χ0n) is 17.9. The van der Waals surface area contributed by atoms with Crippen LogP contribution in [0.15, 0.2) is 73.1 Å². The molecule has 152 valence electrons. The van der Waals surface area contributed by atoms with Crippen molar-refractivity contribution in [2.24, 2.45) is 0 Å². The van der Waals surface area contributed by atoms with E-state index in [1.54, 1.807) is 0 Å². The molecule has 0 saturated carbocycles. The van der Waals surface area contributed by atoms with Crippen LogP contribution in [0.4, 0.5) is 11.4 Å². The summed E-state index contributed by atoms with van der Waals surface area (Å²) in [4.78, 5) is 4.26. The van der Waals surface area contributed by atoms with Gasteiger partial charge in [0, 0.05) is 59.3 Å². The van der Waals surface area contributed by atoms with E-state index in [9.17, 15) is 0 Å². The summed E-state index contributed by atoms with van der Waals surface area (Å²) in [7, 11) is 4.11. The van der Waals surface area contributed by atoms with E-state index in [4.69, 9.17) is 11.6 Å². The Morgan fingerprint density at radius 3 is 2.40 bits per heavy atom. The van der Waals surface area contributed by atoms with E-state index in [2.05, 4.69) is 97.6 Å². The number of aryl methyl sites for hydroxylation is 1. The van der Waals surface area contributed by atoms with Crippen molar-refractivity contribution in [3.8, 4) is 5.69 Å². The lowest BCUT2D eigenvalue weighted by Crippen LogP contribution is -2.17. The topological polar surface area (TPSA) is 11.4 Å². The zero-order valence-corrected chi connectivity index (χ0v) is 18.6. The highest BCUT2D eigenvalue weighted by Gasteiger charge is 2.16. The zero-order chi connectivity index (χ0) is 21.4. The van der Waals surface area contributed by atoms with Crippen LogP contribution >= 0.6 is 11.6 Å². The van der Waals surface area contributed by atoms with Crippen LogP contribution in [-0.2, 0) is 0 Å². The maximum atomic E-state index is 6.06. The molecule has 2 heterocycles. The van der Waals surface area contributed by atoms with Crippen molar-refractivity contribution >= 4 is 35.1 Å². The minimum Gasteiger partial charge on any atom is -0.378 e. The SMILES string of the molecule is C=C1C=Cc2cc(N(C)C)ccc2N1/C=C/c1cc(C)n(-c2ccc(Cl)cc2)c1C. The second-order valence-corrected chi connectivity index (χ2v) is 8.22. The maximum absolute atomic E-state index is 6.06. The van der Waals surface area contributed by atoms with E-state index in [0.29, 0.717) is 0 Å². The Bertz CT molecular complexity index is 1160. The van der Waals surface area contributed by atoms with Gasteiger partial charge in [0.2, 0.25) is 0 Å². The molecule has 0 atom stereocenters. The van der Waals surface area contributed by atoms with Gasteiger partial charge in [0.25, 0.3) is 0 Å². The van der Waals surface area contributed by atoms with E-state index in [-0.39, 0.29) is 0 Å². The molecule has 3 aromatic rings. The molecule has 4 rings (SSSR count). The van der Waals surface area contributed by atoms with Crippen molar-refractivity contribution < 1.29 is 0 Å². The lowest BCUT2D eigenvalue weighted by molar-refractivity contribution is 0.964. The third-order valence-corrected chi connectivity index (χ3v) is 5.76. The van der Waals surface area contributed by atoms with Crippen molar-refractivity contribution in [1.82, 2.24) is 4.57 Å². The molecule has 0 N–H and O–H groups in total. The first-order valence-electron chi connectivity index (χ1n) is 9.96. The molecule has 0 radical (unpaired) electrons. The van der Waals surface area contributed by atoms with Gasteiger partial charge in [-0.25, -0.2) is 0 Å². The Labute approximate surface area is 183 Å². The largest absolute Gasteiger partial charge is 0.378 e. The molecular weight excluding hydrogens is 390 g/mol. The molecule has 0 unspecified atom stereocenters. The number of hydrogen-bond donors (Lipinski definition) is 0. The van der Waals surface area contributed by atoms with Crippen LogP contribution < -0.4 is 9.80 Å². The predicted octanol–water partition coefficient (Wildman–Crippen LogP) is 6.83. The molecule has 4 heteroatoms. The summed E-state index contributed by atoms with van der Waals surface area (Å²) in [6.07, 6.45) is 8.45. The van der Waals surface area contributed by atoms with Crippen molar-refractivity contribution in [2.75, 3.05) is 23.9 Å². The van der Waals surface area contributed by atoms with E-state index >= 15 is 0 Å². The van der Waals surface area contributed by atoms with Gasteiger partial charge in [0.1, 0.15) is 0 Å². The molecule has 0 saturated heterocycles. The lowest BCUT2D eigenvalue weighted by atomic mass is 10.1. The minimum atomic E-state index is 0.745. The van der Waals surface area contributed by atoms with Crippen molar-refractivity contribution in [2.45, 2.75) is 13.8 Å². The number of nitrogens with zero attached hydrogens (tertiary/aromatic N) is 3. The Morgan fingerprint density at radius 2 is 1.70 bits per heavy atom. The summed E-state index contributed by atoms with van der Waals surface area (Å²) in [5.41, 5.74) is 9.11. The smallest absolute Gasteiger partial charge is 0.0529 e. The fraction of sp³-hybridized carbons (Fsp3) is 0.154. The Morgan fingerprint density at radius 1 is 0.967 bits per heavy atom. The monoisotopic (exact) mass is 415 g/mol. The molecule has 30 heavy (non-hydrogen) atoms. The first kappa shape index (κ1) is 20.1. The third-order valence-electron chi connectivity index (χ3n) is 5.51. The highest BCUT2D eigenvalue weighted by atomic mass is 35.5. The fourth-order valence-electron chi connectivity index (χ4n) is 3.87. The second kappa shape index (κ2) is 7.92. The first-order chi connectivity index (χ1) is 14.3. The quantitative estimate of drug-likeness (QED) is 0.462. The molecular formula is C26H26ClN3. The van der Waals surface area contributed by atoms with E-state index in [0.717, 1.165) is 22.1 Å². The third kappa shape index (κ3) is 3.69. The van der Waals surface area contributed by atoms with Crippen LogP contribution in [0.25, 0.3) is 17.8 Å². The number of hydrogen-bond acceptors (Lipinski definition) is 2. The summed E-state index contributed by atoms with van der Waals surface area (Å²) in [6.45, 7) is 8.49. The number of rotatable bonds is 4. The van der Waals surface area contributed by atoms with Crippen LogP contribution in [-0.4, -0.2) is 18.7 Å². The van der Waals surface area contributed by atoms with Gasteiger partial charge in [-0.2, -0.15) is 0 Å². The Kier molecular flexibility index (Phi) is 5.31. The van der Waals surface area contributed by atoms with E-state index in [1.807, 2.05) is 24.3 Å². The van der Waals surface area contributed by atoms with Gasteiger partial charge in [-0.05, 0) is 80.1 Å². The fourth-order valence-corrected chi connectivity index (χ4v) is 3.99. The van der Waals surface area contributed by atoms with Crippen molar-refractivity contribution in [3.05, 3.63) is 101 Å². The van der Waals surface area contributed by atoms with Crippen LogP contribution in [0, 0.1) is 13.8 Å². The van der Waals surface area contributed by atoms with Crippen LogP contribution in [0.2, 0.25) is 5.02 Å². The average Bonchev–Trinajstić information content (AvgIpc) is 3.01. The number of fused-ring (bicyclic) bond motifs is 1. The molecule has 1 aliphatic heterocycles. The van der Waals surface area contributed by atoms with Gasteiger partial charge in [-0.15, -0.1) is 0 Å². The maximum Gasteiger partial charge on any atom is 0.0529 e. The minimum absolute atomic E-state index is 0.745. The Hall–Kier alpha value is -3.17. The lowest BCUT2D eigenvalue weighted by Gasteiger charge is -2.27. The van der Waals surface area contributed by atoms with E-state index < -0.39 is 0 Å². The number of allylic oxidation sites excluding steroid dienone is 1. The number of halogens is 1. The van der Waals surface area contributed by atoms with Crippen LogP contribution in [0.3, 0.4) is 0 Å². The number of anilines is 2. The second-order valence-electron chi connectivity index (χ2n) is 7.79. The van der Waals surface area contributed by atoms with Gasteiger partial charge in [-0.1, -0.05) is 24.3 Å². The molecule has 3 nitrogen and oxygen atoms in total. The number of benzene rings is 2. The van der Waals surface area contributed by atoms with Gasteiger partial charge in [0.15, 0.2) is 0 Å². The highest BCUT2D eigenvalue weighted by molar-refractivity contribution is 6.30. The molecule has 1 aromatic heterocycles. The molecule has 2 aromatic carbocycles. The molecule has 1 aliphatic rings. The van der Waals surface area contributed by atoms with E-state index in [1.165, 1.54) is 28.2 Å². The predicted molar refractivity (Wildman–Crippen MR) is 131 cm³/mol. The van der Waals surface area contributed by atoms with Gasteiger partial charge >= 0.3 is 0 Å². The first-order valence-corrected chi connectivity index (χ1v) is 10.3. The molecule has 0 fully saturated rings. The molecule has 0 bridgehead atoms. The molecule has 0 amide bonds. The summed E-state index contributed by atoms with van der Waals surface area (Å²) in [5, 5.41) is 0.745.